The lowest BCUT2D eigenvalue weighted by Crippen LogP contribution is -2.41. The second-order valence-electron chi connectivity index (χ2n) is 3.72. The highest BCUT2D eigenvalue weighted by Gasteiger charge is 2.19. The molecule has 0 unspecified atom stereocenters. The lowest BCUT2D eigenvalue weighted by molar-refractivity contribution is -0.140. The first kappa shape index (κ1) is 12.4. The molecule has 0 spiro atoms. The van der Waals surface area contributed by atoms with Crippen molar-refractivity contribution in [3.63, 3.8) is 0 Å². The van der Waals surface area contributed by atoms with E-state index < -0.39 is 12.0 Å². The van der Waals surface area contributed by atoms with Crippen molar-refractivity contribution >= 4 is 5.97 Å². The SMILES string of the molecule is CCCCCN[C@H](C(=O)O)C(C)C. The molecule has 0 rings (SSSR count). The van der Waals surface area contributed by atoms with Gasteiger partial charge in [0.15, 0.2) is 0 Å². The predicted molar refractivity (Wildman–Crippen MR) is 53.8 cm³/mol. The minimum Gasteiger partial charge on any atom is -0.480 e. The Morgan fingerprint density at radius 2 is 2.00 bits per heavy atom. The molecule has 0 heterocycles. The third-order valence-electron chi connectivity index (χ3n) is 2.08. The summed E-state index contributed by atoms with van der Waals surface area (Å²) in [5.41, 5.74) is 0. The highest BCUT2D eigenvalue weighted by molar-refractivity contribution is 5.73. The number of rotatable bonds is 7. The molecule has 0 amide bonds. The summed E-state index contributed by atoms with van der Waals surface area (Å²) in [5, 5.41) is 11.9. The van der Waals surface area contributed by atoms with Gasteiger partial charge in [0.05, 0.1) is 0 Å². The van der Waals surface area contributed by atoms with Crippen molar-refractivity contribution in [2.24, 2.45) is 5.92 Å². The molecule has 0 aliphatic carbocycles. The Labute approximate surface area is 80.5 Å². The monoisotopic (exact) mass is 187 g/mol. The summed E-state index contributed by atoms with van der Waals surface area (Å²) in [5.74, 6) is -0.592. The van der Waals surface area contributed by atoms with Crippen molar-refractivity contribution in [2.75, 3.05) is 6.54 Å². The van der Waals surface area contributed by atoms with E-state index in [1.165, 1.54) is 6.42 Å². The quantitative estimate of drug-likeness (QED) is 0.598. The zero-order valence-electron chi connectivity index (χ0n) is 8.84. The normalized spacial score (nSPS) is 13.2. The van der Waals surface area contributed by atoms with Crippen LogP contribution in [0, 0.1) is 5.92 Å². The summed E-state index contributed by atoms with van der Waals surface area (Å²) in [6.45, 7) is 6.79. The van der Waals surface area contributed by atoms with Crippen LogP contribution in [0.4, 0.5) is 0 Å². The van der Waals surface area contributed by atoms with Crippen molar-refractivity contribution in [1.29, 1.82) is 0 Å². The number of unbranched alkanes of at least 4 members (excludes halogenated alkanes) is 2. The van der Waals surface area contributed by atoms with Crippen LogP contribution in [-0.2, 0) is 4.79 Å². The first-order valence-electron chi connectivity index (χ1n) is 5.05. The summed E-state index contributed by atoms with van der Waals surface area (Å²) in [6.07, 6.45) is 3.39. The van der Waals surface area contributed by atoms with E-state index in [4.69, 9.17) is 5.11 Å². The highest BCUT2D eigenvalue weighted by Crippen LogP contribution is 2.02. The molecule has 13 heavy (non-hydrogen) atoms. The standard InChI is InChI=1S/C10H21NO2/c1-4-5-6-7-11-9(8(2)3)10(12)13/h8-9,11H,4-7H2,1-3H3,(H,12,13)/t9-/m0/s1. The van der Waals surface area contributed by atoms with Gasteiger partial charge >= 0.3 is 5.97 Å². The Kier molecular flexibility index (Phi) is 6.59. The maximum atomic E-state index is 10.7. The van der Waals surface area contributed by atoms with E-state index >= 15 is 0 Å². The summed E-state index contributed by atoms with van der Waals surface area (Å²) in [6, 6.07) is -0.392. The van der Waals surface area contributed by atoms with E-state index in [-0.39, 0.29) is 5.92 Å². The van der Waals surface area contributed by atoms with E-state index in [0.29, 0.717) is 0 Å². The van der Waals surface area contributed by atoms with Crippen molar-refractivity contribution < 1.29 is 9.90 Å². The van der Waals surface area contributed by atoms with Crippen LogP contribution in [0.1, 0.15) is 40.0 Å². The van der Waals surface area contributed by atoms with Gasteiger partial charge in [0, 0.05) is 0 Å². The van der Waals surface area contributed by atoms with E-state index in [0.717, 1.165) is 19.4 Å². The lowest BCUT2D eigenvalue weighted by atomic mass is 10.0. The fraction of sp³-hybridized carbons (Fsp3) is 0.900. The van der Waals surface area contributed by atoms with Crippen molar-refractivity contribution in [3.05, 3.63) is 0 Å². The number of hydrogen-bond acceptors (Lipinski definition) is 2. The van der Waals surface area contributed by atoms with Gasteiger partial charge in [-0.1, -0.05) is 33.6 Å². The van der Waals surface area contributed by atoms with Crippen molar-refractivity contribution in [1.82, 2.24) is 5.32 Å². The lowest BCUT2D eigenvalue weighted by Gasteiger charge is -2.17. The van der Waals surface area contributed by atoms with Gasteiger partial charge in [-0.25, -0.2) is 0 Å². The molecular formula is C10H21NO2. The number of carbonyl (C=O) groups is 1. The highest BCUT2D eigenvalue weighted by atomic mass is 16.4. The molecule has 0 saturated carbocycles. The van der Waals surface area contributed by atoms with Crippen LogP contribution in [0.3, 0.4) is 0 Å². The second kappa shape index (κ2) is 6.89. The van der Waals surface area contributed by atoms with Gasteiger partial charge in [-0.2, -0.15) is 0 Å². The zero-order valence-corrected chi connectivity index (χ0v) is 8.84. The van der Waals surface area contributed by atoms with E-state index in [9.17, 15) is 4.79 Å². The third-order valence-corrected chi connectivity index (χ3v) is 2.08. The van der Waals surface area contributed by atoms with Gasteiger partial charge < -0.3 is 10.4 Å². The molecule has 0 aliphatic rings. The van der Waals surface area contributed by atoms with Crippen molar-refractivity contribution in [2.45, 2.75) is 46.1 Å². The number of aliphatic carboxylic acids is 1. The Morgan fingerprint density at radius 3 is 2.38 bits per heavy atom. The Bertz CT molecular complexity index is 146. The molecule has 2 N–H and O–H groups in total. The van der Waals surface area contributed by atoms with Crippen LogP contribution < -0.4 is 5.32 Å². The minimum atomic E-state index is -0.744. The van der Waals surface area contributed by atoms with Gasteiger partial charge in [0.25, 0.3) is 0 Å². The molecule has 3 nitrogen and oxygen atoms in total. The minimum absolute atomic E-state index is 0.152. The van der Waals surface area contributed by atoms with Gasteiger partial charge in [-0.05, 0) is 18.9 Å². The van der Waals surface area contributed by atoms with Crippen LogP contribution in [0.2, 0.25) is 0 Å². The molecule has 0 aliphatic heterocycles. The fourth-order valence-electron chi connectivity index (χ4n) is 1.24. The first-order valence-corrected chi connectivity index (χ1v) is 5.05. The average molecular weight is 187 g/mol. The fourth-order valence-corrected chi connectivity index (χ4v) is 1.24. The molecule has 0 saturated heterocycles. The molecule has 3 heteroatoms. The van der Waals surface area contributed by atoms with Gasteiger partial charge in [-0.3, -0.25) is 4.79 Å². The van der Waals surface area contributed by atoms with Gasteiger partial charge in [0.2, 0.25) is 0 Å². The zero-order chi connectivity index (χ0) is 10.3. The van der Waals surface area contributed by atoms with Gasteiger partial charge in [-0.15, -0.1) is 0 Å². The number of nitrogens with one attached hydrogen (secondary N) is 1. The number of hydrogen-bond donors (Lipinski definition) is 2. The van der Waals surface area contributed by atoms with Crippen LogP contribution in [-0.4, -0.2) is 23.7 Å². The van der Waals surface area contributed by atoms with Crippen molar-refractivity contribution in [3.8, 4) is 0 Å². The maximum absolute atomic E-state index is 10.7. The van der Waals surface area contributed by atoms with Crippen LogP contribution in [0.5, 0.6) is 0 Å². The van der Waals surface area contributed by atoms with E-state index in [1.807, 2.05) is 13.8 Å². The Hall–Kier alpha value is -0.570. The molecule has 1 atom stereocenters. The molecule has 78 valence electrons. The first-order chi connectivity index (χ1) is 6.09. The second-order valence-corrected chi connectivity index (χ2v) is 3.72. The maximum Gasteiger partial charge on any atom is 0.320 e. The largest absolute Gasteiger partial charge is 0.480 e. The van der Waals surface area contributed by atoms with Crippen LogP contribution in [0.25, 0.3) is 0 Å². The molecule has 0 bridgehead atoms. The third kappa shape index (κ3) is 5.64. The topological polar surface area (TPSA) is 49.3 Å². The van der Waals surface area contributed by atoms with E-state index in [2.05, 4.69) is 12.2 Å². The Balaban J connectivity index is 3.64. The molecule has 0 radical (unpaired) electrons. The predicted octanol–water partition coefficient (Wildman–Crippen LogP) is 1.88. The van der Waals surface area contributed by atoms with Crippen LogP contribution in [0.15, 0.2) is 0 Å². The molecule has 0 fully saturated rings. The number of carboxylic acids is 1. The summed E-state index contributed by atoms with van der Waals surface area (Å²) in [4.78, 5) is 10.7. The number of carboxylic acid groups (broad SMARTS) is 1. The Morgan fingerprint density at radius 1 is 1.38 bits per heavy atom. The molecule has 0 aromatic rings. The smallest absolute Gasteiger partial charge is 0.320 e. The van der Waals surface area contributed by atoms with Gasteiger partial charge in [0.1, 0.15) is 6.04 Å². The molecule has 0 aromatic heterocycles. The summed E-state index contributed by atoms with van der Waals surface area (Å²) >= 11 is 0. The van der Waals surface area contributed by atoms with E-state index in [1.54, 1.807) is 0 Å². The molecular weight excluding hydrogens is 166 g/mol. The van der Waals surface area contributed by atoms with Crippen LogP contribution >= 0.6 is 0 Å². The summed E-state index contributed by atoms with van der Waals surface area (Å²) < 4.78 is 0. The average Bonchev–Trinajstić information content (AvgIpc) is 2.02. The molecule has 0 aromatic carbocycles. The summed E-state index contributed by atoms with van der Waals surface area (Å²) in [7, 11) is 0.